The monoisotopic (exact) mass is 333 g/mol. The largest absolute Gasteiger partial charge is 0.545 e. The van der Waals surface area contributed by atoms with Crippen LogP contribution in [-0.2, 0) is 10.9 Å². The summed E-state index contributed by atoms with van der Waals surface area (Å²) in [6.07, 6.45) is -5.64. The number of carboxylic acids is 1. The SMILES string of the molecule is CC(C)C(Oc1cc(C(=O)[O-])ccc1C(F)(F)F)OC(C)(C)C. The summed E-state index contributed by atoms with van der Waals surface area (Å²) >= 11 is 0. The first-order valence-corrected chi connectivity index (χ1v) is 7.08. The fraction of sp³-hybridized carbons (Fsp3) is 0.562. The van der Waals surface area contributed by atoms with E-state index in [4.69, 9.17) is 9.47 Å². The molecule has 1 atom stereocenters. The number of hydrogen-bond acceptors (Lipinski definition) is 4. The minimum atomic E-state index is -4.68. The number of carboxylic acid groups (broad SMARTS) is 1. The summed E-state index contributed by atoms with van der Waals surface area (Å²) < 4.78 is 50.2. The Bertz CT molecular complexity index is 559. The van der Waals surface area contributed by atoms with Crippen molar-refractivity contribution in [3.05, 3.63) is 29.3 Å². The van der Waals surface area contributed by atoms with Crippen LogP contribution < -0.4 is 9.84 Å². The zero-order valence-corrected chi connectivity index (χ0v) is 13.7. The zero-order valence-electron chi connectivity index (χ0n) is 13.7. The van der Waals surface area contributed by atoms with E-state index >= 15 is 0 Å². The van der Waals surface area contributed by atoms with E-state index < -0.39 is 40.9 Å². The van der Waals surface area contributed by atoms with Gasteiger partial charge in [-0.05, 0) is 32.9 Å². The molecule has 130 valence electrons. The van der Waals surface area contributed by atoms with Crippen LogP contribution in [0.25, 0.3) is 0 Å². The van der Waals surface area contributed by atoms with Gasteiger partial charge in [0.1, 0.15) is 5.75 Å². The number of carbonyl (C=O) groups is 1. The molecule has 1 unspecified atom stereocenters. The number of halogens is 3. The molecular weight excluding hydrogens is 313 g/mol. The Kier molecular flexibility index (Phi) is 5.69. The standard InChI is InChI=1S/C16H21F3O4/c1-9(2)14(23-15(3,4)5)22-12-8-10(13(20)21)6-7-11(12)16(17,18)19/h6-9,14H,1-5H3,(H,20,21)/p-1. The van der Waals surface area contributed by atoms with Crippen molar-refractivity contribution in [3.8, 4) is 5.75 Å². The van der Waals surface area contributed by atoms with Crippen LogP contribution in [0, 0.1) is 5.92 Å². The van der Waals surface area contributed by atoms with Crippen LogP contribution in [0.2, 0.25) is 0 Å². The first-order chi connectivity index (χ1) is 10.3. The van der Waals surface area contributed by atoms with E-state index in [1.165, 1.54) is 0 Å². The molecule has 0 aliphatic rings. The second-order valence-corrected chi connectivity index (χ2v) is 6.46. The van der Waals surface area contributed by atoms with Crippen molar-refractivity contribution in [2.24, 2.45) is 5.92 Å². The molecule has 0 radical (unpaired) electrons. The molecule has 1 rings (SSSR count). The molecule has 0 spiro atoms. The van der Waals surface area contributed by atoms with E-state index in [0.29, 0.717) is 6.07 Å². The van der Waals surface area contributed by atoms with Gasteiger partial charge in [0, 0.05) is 11.5 Å². The van der Waals surface area contributed by atoms with Gasteiger partial charge in [-0.1, -0.05) is 19.9 Å². The van der Waals surface area contributed by atoms with E-state index in [1.807, 2.05) is 0 Å². The van der Waals surface area contributed by atoms with E-state index in [-0.39, 0.29) is 5.92 Å². The molecule has 0 aromatic heterocycles. The molecule has 0 aliphatic heterocycles. The molecule has 4 nitrogen and oxygen atoms in total. The molecule has 0 fully saturated rings. The van der Waals surface area contributed by atoms with Crippen LogP contribution in [0.3, 0.4) is 0 Å². The van der Waals surface area contributed by atoms with Crippen molar-refractivity contribution in [1.82, 2.24) is 0 Å². The normalized spacial score (nSPS) is 14.0. The lowest BCUT2D eigenvalue weighted by Crippen LogP contribution is -2.35. The van der Waals surface area contributed by atoms with Gasteiger partial charge < -0.3 is 19.4 Å². The Hall–Kier alpha value is -1.76. The molecule has 0 aliphatic carbocycles. The molecule has 0 saturated carbocycles. The molecule has 0 amide bonds. The number of rotatable bonds is 5. The molecule has 0 saturated heterocycles. The maximum atomic E-state index is 13.1. The lowest BCUT2D eigenvalue weighted by molar-refractivity contribution is -0.255. The Labute approximate surface area is 133 Å². The van der Waals surface area contributed by atoms with Crippen molar-refractivity contribution in [3.63, 3.8) is 0 Å². The minimum Gasteiger partial charge on any atom is -0.545 e. The summed E-state index contributed by atoms with van der Waals surface area (Å²) in [6.45, 7) is 8.69. The maximum Gasteiger partial charge on any atom is 0.419 e. The molecule has 0 bridgehead atoms. The van der Waals surface area contributed by atoms with Crippen molar-refractivity contribution < 1.29 is 32.5 Å². The highest BCUT2D eigenvalue weighted by Gasteiger charge is 2.36. The van der Waals surface area contributed by atoms with Crippen LogP contribution in [0.15, 0.2) is 18.2 Å². The second kappa shape index (κ2) is 6.78. The smallest absolute Gasteiger partial charge is 0.419 e. The number of carbonyl (C=O) groups excluding carboxylic acids is 1. The van der Waals surface area contributed by atoms with Gasteiger partial charge in [0.15, 0.2) is 0 Å². The number of benzene rings is 1. The molecule has 1 aromatic carbocycles. The van der Waals surface area contributed by atoms with E-state index in [0.717, 1.165) is 12.1 Å². The Morgan fingerprint density at radius 1 is 1.17 bits per heavy atom. The average Bonchev–Trinajstić information content (AvgIpc) is 2.34. The number of hydrogen-bond donors (Lipinski definition) is 0. The second-order valence-electron chi connectivity index (χ2n) is 6.46. The van der Waals surface area contributed by atoms with Gasteiger partial charge in [0.05, 0.1) is 17.1 Å². The van der Waals surface area contributed by atoms with E-state index in [2.05, 4.69) is 0 Å². The van der Waals surface area contributed by atoms with Crippen LogP contribution in [-0.4, -0.2) is 17.9 Å². The molecule has 7 heteroatoms. The third-order valence-electron chi connectivity index (χ3n) is 2.78. The highest BCUT2D eigenvalue weighted by molar-refractivity contribution is 5.86. The van der Waals surface area contributed by atoms with E-state index in [1.54, 1.807) is 34.6 Å². The molecular formula is C16H20F3O4-. The quantitative estimate of drug-likeness (QED) is 0.776. The summed E-state index contributed by atoms with van der Waals surface area (Å²) in [5.74, 6) is -2.43. The lowest BCUT2D eigenvalue weighted by atomic mass is 10.1. The van der Waals surface area contributed by atoms with Gasteiger partial charge in [-0.2, -0.15) is 13.2 Å². The molecule has 0 N–H and O–H groups in total. The van der Waals surface area contributed by atoms with Gasteiger partial charge in [-0.15, -0.1) is 0 Å². The van der Waals surface area contributed by atoms with Crippen molar-refractivity contribution in [2.45, 2.75) is 52.7 Å². The summed E-state index contributed by atoms with van der Waals surface area (Å²) in [7, 11) is 0. The van der Waals surface area contributed by atoms with Crippen molar-refractivity contribution in [1.29, 1.82) is 0 Å². The predicted molar refractivity (Wildman–Crippen MR) is 75.9 cm³/mol. The lowest BCUT2D eigenvalue weighted by Gasteiger charge is -2.31. The summed E-state index contributed by atoms with van der Waals surface area (Å²) in [5.41, 5.74) is -2.10. The predicted octanol–water partition coefficient (Wildman–Crippen LogP) is 3.24. The van der Waals surface area contributed by atoms with Crippen molar-refractivity contribution in [2.75, 3.05) is 0 Å². The van der Waals surface area contributed by atoms with Crippen LogP contribution in [0.4, 0.5) is 13.2 Å². The van der Waals surface area contributed by atoms with E-state index in [9.17, 15) is 23.1 Å². The van der Waals surface area contributed by atoms with Gasteiger partial charge >= 0.3 is 6.18 Å². The fourth-order valence-electron chi connectivity index (χ4n) is 1.75. The summed E-state index contributed by atoms with van der Waals surface area (Å²) in [6, 6.07) is 2.30. The third-order valence-corrected chi connectivity index (χ3v) is 2.78. The number of aromatic carboxylic acids is 1. The molecule has 0 heterocycles. The molecule has 23 heavy (non-hydrogen) atoms. The van der Waals surface area contributed by atoms with Crippen LogP contribution in [0.1, 0.15) is 50.5 Å². The van der Waals surface area contributed by atoms with Crippen LogP contribution in [0.5, 0.6) is 5.75 Å². The number of ether oxygens (including phenoxy) is 2. The van der Waals surface area contributed by atoms with Crippen molar-refractivity contribution >= 4 is 5.97 Å². The third kappa shape index (κ3) is 5.74. The Morgan fingerprint density at radius 3 is 2.13 bits per heavy atom. The minimum absolute atomic E-state index is 0.248. The first kappa shape index (κ1) is 19.3. The highest BCUT2D eigenvalue weighted by atomic mass is 19.4. The average molecular weight is 333 g/mol. The van der Waals surface area contributed by atoms with Crippen LogP contribution >= 0.6 is 0 Å². The van der Waals surface area contributed by atoms with Gasteiger partial charge in [-0.3, -0.25) is 0 Å². The Morgan fingerprint density at radius 2 is 1.74 bits per heavy atom. The van der Waals surface area contributed by atoms with Gasteiger partial charge in [-0.25, -0.2) is 0 Å². The molecule has 1 aromatic rings. The number of alkyl halides is 3. The highest BCUT2D eigenvalue weighted by Crippen LogP contribution is 2.38. The fourth-order valence-corrected chi connectivity index (χ4v) is 1.75. The first-order valence-electron chi connectivity index (χ1n) is 7.08. The summed E-state index contributed by atoms with van der Waals surface area (Å²) in [5, 5.41) is 10.9. The summed E-state index contributed by atoms with van der Waals surface area (Å²) in [4.78, 5) is 10.9. The van der Waals surface area contributed by atoms with Gasteiger partial charge in [0.2, 0.25) is 6.29 Å². The topological polar surface area (TPSA) is 58.6 Å². The maximum absolute atomic E-state index is 13.1. The van der Waals surface area contributed by atoms with Gasteiger partial charge in [0.25, 0.3) is 0 Å². The zero-order chi connectivity index (χ0) is 18.0. The Balaban J connectivity index is 3.26.